The molecule has 0 saturated heterocycles. The summed E-state index contributed by atoms with van der Waals surface area (Å²) in [7, 11) is 0. The van der Waals surface area contributed by atoms with E-state index in [-0.39, 0.29) is 24.3 Å². The van der Waals surface area contributed by atoms with Crippen LogP contribution < -0.4 is 10.6 Å². The normalized spacial score (nSPS) is 12.6. The molecular formula is C24H23ClN2O2. The van der Waals surface area contributed by atoms with Gasteiger partial charge in [0.25, 0.3) is 5.91 Å². The number of carbonyl (C=O) groups is 2. The Hall–Kier alpha value is -3.11. The Morgan fingerprint density at radius 2 is 1.45 bits per heavy atom. The lowest BCUT2D eigenvalue weighted by atomic mass is 10.0. The molecule has 0 aliphatic heterocycles. The van der Waals surface area contributed by atoms with Crippen LogP contribution in [-0.4, -0.2) is 11.8 Å². The van der Waals surface area contributed by atoms with Crippen molar-refractivity contribution in [2.24, 2.45) is 0 Å². The molecule has 2 unspecified atom stereocenters. The van der Waals surface area contributed by atoms with E-state index in [2.05, 4.69) is 10.6 Å². The molecule has 3 aromatic carbocycles. The fourth-order valence-electron chi connectivity index (χ4n) is 3.11. The van der Waals surface area contributed by atoms with Gasteiger partial charge in [-0.2, -0.15) is 0 Å². The van der Waals surface area contributed by atoms with Crippen LogP contribution >= 0.6 is 11.6 Å². The predicted molar refractivity (Wildman–Crippen MR) is 116 cm³/mol. The first-order chi connectivity index (χ1) is 14.0. The molecule has 29 heavy (non-hydrogen) atoms. The van der Waals surface area contributed by atoms with E-state index in [9.17, 15) is 9.59 Å². The van der Waals surface area contributed by atoms with E-state index >= 15 is 0 Å². The zero-order chi connectivity index (χ0) is 20.6. The van der Waals surface area contributed by atoms with Gasteiger partial charge in [0, 0.05) is 10.6 Å². The summed E-state index contributed by atoms with van der Waals surface area (Å²) >= 11 is 6.05. The van der Waals surface area contributed by atoms with Crippen LogP contribution in [0.4, 0.5) is 0 Å². The lowest BCUT2D eigenvalue weighted by Gasteiger charge is -2.21. The lowest BCUT2D eigenvalue weighted by Crippen LogP contribution is -2.34. The van der Waals surface area contributed by atoms with E-state index in [1.54, 1.807) is 18.2 Å². The standard InChI is InChI=1S/C24H23ClN2O2/c1-17(20-13-8-14-21(25)15-20)26-23(28)16-22(18-9-4-2-5-10-18)27-24(29)19-11-6-3-7-12-19/h2-15,17,22H,16H2,1H3,(H,26,28)(H,27,29). The third kappa shape index (κ3) is 5.93. The predicted octanol–water partition coefficient (Wildman–Crippen LogP) is 5.08. The molecule has 0 spiro atoms. The molecular weight excluding hydrogens is 384 g/mol. The number of hydrogen-bond acceptors (Lipinski definition) is 2. The quantitative estimate of drug-likeness (QED) is 0.575. The topological polar surface area (TPSA) is 58.2 Å². The molecule has 0 radical (unpaired) electrons. The van der Waals surface area contributed by atoms with Crippen molar-refractivity contribution in [3.63, 3.8) is 0 Å². The van der Waals surface area contributed by atoms with Gasteiger partial charge >= 0.3 is 0 Å². The van der Waals surface area contributed by atoms with Crippen LogP contribution in [0.1, 0.15) is 46.9 Å². The molecule has 2 atom stereocenters. The van der Waals surface area contributed by atoms with Crippen LogP contribution in [0.25, 0.3) is 0 Å². The molecule has 0 aromatic heterocycles. The maximum absolute atomic E-state index is 12.7. The van der Waals surface area contributed by atoms with Crippen molar-refractivity contribution in [1.29, 1.82) is 0 Å². The number of rotatable bonds is 7. The summed E-state index contributed by atoms with van der Waals surface area (Å²) in [5.41, 5.74) is 2.36. The lowest BCUT2D eigenvalue weighted by molar-refractivity contribution is -0.122. The summed E-state index contributed by atoms with van der Waals surface area (Å²) in [4.78, 5) is 25.4. The molecule has 148 valence electrons. The van der Waals surface area contributed by atoms with E-state index in [1.807, 2.05) is 73.7 Å². The average Bonchev–Trinajstić information content (AvgIpc) is 2.74. The van der Waals surface area contributed by atoms with Gasteiger partial charge in [-0.1, -0.05) is 72.3 Å². The van der Waals surface area contributed by atoms with Crippen LogP contribution in [0, 0.1) is 0 Å². The van der Waals surface area contributed by atoms with Gasteiger partial charge < -0.3 is 10.6 Å². The summed E-state index contributed by atoms with van der Waals surface area (Å²) < 4.78 is 0. The summed E-state index contributed by atoms with van der Waals surface area (Å²) in [6.45, 7) is 1.91. The molecule has 0 heterocycles. The van der Waals surface area contributed by atoms with E-state index in [0.29, 0.717) is 10.6 Å². The molecule has 5 heteroatoms. The number of amides is 2. The third-order valence-corrected chi connectivity index (χ3v) is 4.89. The van der Waals surface area contributed by atoms with Crippen LogP contribution in [0.2, 0.25) is 5.02 Å². The molecule has 4 nitrogen and oxygen atoms in total. The monoisotopic (exact) mass is 406 g/mol. The first kappa shape index (κ1) is 20.6. The van der Waals surface area contributed by atoms with Crippen LogP contribution in [0.5, 0.6) is 0 Å². The van der Waals surface area contributed by atoms with Gasteiger partial charge in [-0.05, 0) is 42.3 Å². The van der Waals surface area contributed by atoms with Crippen molar-refractivity contribution < 1.29 is 9.59 Å². The Bertz CT molecular complexity index is 961. The van der Waals surface area contributed by atoms with Gasteiger partial charge in [0.05, 0.1) is 18.5 Å². The second kappa shape index (κ2) is 9.89. The Labute approximate surface area is 175 Å². The summed E-state index contributed by atoms with van der Waals surface area (Å²) in [5.74, 6) is -0.366. The highest BCUT2D eigenvalue weighted by Crippen LogP contribution is 2.20. The van der Waals surface area contributed by atoms with E-state index in [0.717, 1.165) is 11.1 Å². The van der Waals surface area contributed by atoms with Crippen molar-refractivity contribution in [1.82, 2.24) is 10.6 Å². The second-order valence-corrected chi connectivity index (χ2v) is 7.29. The minimum Gasteiger partial charge on any atom is -0.350 e. The van der Waals surface area contributed by atoms with Crippen molar-refractivity contribution in [3.05, 3.63) is 107 Å². The van der Waals surface area contributed by atoms with E-state index in [1.165, 1.54) is 0 Å². The Morgan fingerprint density at radius 3 is 2.10 bits per heavy atom. The van der Waals surface area contributed by atoms with Gasteiger partial charge in [0.2, 0.25) is 5.91 Å². The van der Waals surface area contributed by atoms with Crippen LogP contribution in [0.3, 0.4) is 0 Å². The second-order valence-electron chi connectivity index (χ2n) is 6.85. The third-order valence-electron chi connectivity index (χ3n) is 4.66. The first-order valence-corrected chi connectivity index (χ1v) is 9.86. The molecule has 0 aliphatic rings. The zero-order valence-corrected chi connectivity index (χ0v) is 16.9. The number of halogens is 1. The van der Waals surface area contributed by atoms with Gasteiger partial charge in [-0.3, -0.25) is 9.59 Å². The number of hydrogen-bond donors (Lipinski definition) is 2. The van der Waals surface area contributed by atoms with Gasteiger partial charge in [-0.15, -0.1) is 0 Å². The average molecular weight is 407 g/mol. The molecule has 0 saturated carbocycles. The summed E-state index contributed by atoms with van der Waals surface area (Å²) in [5, 5.41) is 6.60. The fourth-order valence-corrected chi connectivity index (χ4v) is 3.31. The largest absolute Gasteiger partial charge is 0.350 e. The van der Waals surface area contributed by atoms with Crippen LogP contribution in [0.15, 0.2) is 84.9 Å². The van der Waals surface area contributed by atoms with Crippen molar-refractivity contribution in [2.75, 3.05) is 0 Å². The first-order valence-electron chi connectivity index (χ1n) is 9.48. The Balaban J connectivity index is 1.71. The Kier molecular flexibility index (Phi) is 7.04. The summed E-state index contributed by atoms with van der Waals surface area (Å²) in [6, 6.07) is 25.3. The van der Waals surface area contributed by atoms with Crippen molar-refractivity contribution in [2.45, 2.75) is 25.4 Å². The highest BCUT2D eigenvalue weighted by atomic mass is 35.5. The van der Waals surface area contributed by atoms with Crippen molar-refractivity contribution in [3.8, 4) is 0 Å². The fraction of sp³-hybridized carbons (Fsp3) is 0.167. The Morgan fingerprint density at radius 1 is 0.828 bits per heavy atom. The molecule has 0 fully saturated rings. The molecule has 2 N–H and O–H groups in total. The molecule has 0 aliphatic carbocycles. The minimum absolute atomic E-state index is 0.132. The smallest absolute Gasteiger partial charge is 0.251 e. The molecule has 3 aromatic rings. The van der Waals surface area contributed by atoms with Gasteiger partial charge in [-0.25, -0.2) is 0 Å². The number of benzene rings is 3. The van der Waals surface area contributed by atoms with Crippen LogP contribution in [-0.2, 0) is 4.79 Å². The maximum Gasteiger partial charge on any atom is 0.251 e. The molecule has 0 bridgehead atoms. The van der Waals surface area contributed by atoms with E-state index in [4.69, 9.17) is 11.6 Å². The highest BCUT2D eigenvalue weighted by Gasteiger charge is 2.20. The number of nitrogens with one attached hydrogen (secondary N) is 2. The SMILES string of the molecule is CC(NC(=O)CC(NC(=O)c1ccccc1)c1ccccc1)c1cccc(Cl)c1. The van der Waals surface area contributed by atoms with Gasteiger partial charge in [0.1, 0.15) is 0 Å². The zero-order valence-electron chi connectivity index (χ0n) is 16.1. The maximum atomic E-state index is 12.7. The molecule has 3 rings (SSSR count). The highest BCUT2D eigenvalue weighted by molar-refractivity contribution is 6.30. The number of carbonyl (C=O) groups excluding carboxylic acids is 2. The van der Waals surface area contributed by atoms with Crippen molar-refractivity contribution >= 4 is 23.4 Å². The molecule has 2 amide bonds. The summed E-state index contributed by atoms with van der Waals surface area (Å²) in [6.07, 6.45) is 0.132. The minimum atomic E-state index is -0.435. The van der Waals surface area contributed by atoms with Gasteiger partial charge in [0.15, 0.2) is 0 Å². The van der Waals surface area contributed by atoms with E-state index < -0.39 is 6.04 Å².